The van der Waals surface area contributed by atoms with Crippen molar-refractivity contribution in [2.75, 3.05) is 5.75 Å². The summed E-state index contributed by atoms with van der Waals surface area (Å²) < 4.78 is 19.4. The minimum atomic E-state index is -0.620. The van der Waals surface area contributed by atoms with Gasteiger partial charge in [-0.2, -0.15) is 11.8 Å². The molecule has 18 heavy (non-hydrogen) atoms. The van der Waals surface area contributed by atoms with Crippen molar-refractivity contribution >= 4 is 11.8 Å². The number of hydrogen-bond donors (Lipinski definition) is 1. The lowest BCUT2D eigenvalue weighted by atomic mass is 9.83. The zero-order valence-electron chi connectivity index (χ0n) is 10.4. The molecule has 0 aromatic heterocycles. The van der Waals surface area contributed by atoms with Gasteiger partial charge in [0.05, 0.1) is 6.10 Å². The van der Waals surface area contributed by atoms with Gasteiger partial charge in [-0.05, 0) is 43.7 Å². The Balaban J connectivity index is 1.98. The van der Waals surface area contributed by atoms with Crippen LogP contribution in [0, 0.1) is 5.82 Å². The monoisotopic (exact) mass is 268 g/mol. The summed E-state index contributed by atoms with van der Waals surface area (Å²) in [6, 6.07) is 4.42. The van der Waals surface area contributed by atoms with E-state index in [1.54, 1.807) is 6.07 Å². The van der Waals surface area contributed by atoms with Crippen molar-refractivity contribution in [3.8, 4) is 5.75 Å². The normalized spacial score (nSPS) is 35.1. The van der Waals surface area contributed by atoms with E-state index in [0.717, 1.165) is 18.6 Å². The van der Waals surface area contributed by atoms with Crippen molar-refractivity contribution in [3.63, 3.8) is 0 Å². The highest BCUT2D eigenvalue weighted by molar-refractivity contribution is 8.00. The van der Waals surface area contributed by atoms with Crippen molar-refractivity contribution in [1.82, 2.24) is 0 Å². The molecular weight excluding hydrogens is 251 g/mol. The standard InChI is InChI=1S/C14H17FO2S/c1-9-14(5-2-6-18-9)8-12(16)11-7-10(15)3-4-13(11)17-14/h3-4,7,9,12,16H,2,5-6,8H2,1H3/t9?,12-,14?/m1/s1. The van der Waals surface area contributed by atoms with Crippen LogP contribution < -0.4 is 4.74 Å². The Hall–Kier alpha value is -0.740. The molecule has 1 aromatic rings. The summed E-state index contributed by atoms with van der Waals surface area (Å²) in [6.45, 7) is 2.16. The van der Waals surface area contributed by atoms with E-state index >= 15 is 0 Å². The average molecular weight is 268 g/mol. The number of halogens is 1. The smallest absolute Gasteiger partial charge is 0.126 e. The Labute approximate surface area is 111 Å². The van der Waals surface area contributed by atoms with E-state index in [2.05, 4.69) is 6.92 Å². The van der Waals surface area contributed by atoms with Crippen LogP contribution in [-0.2, 0) is 0 Å². The van der Waals surface area contributed by atoms with Gasteiger partial charge >= 0.3 is 0 Å². The van der Waals surface area contributed by atoms with Gasteiger partial charge in [-0.1, -0.05) is 0 Å². The third-order valence-electron chi connectivity index (χ3n) is 4.04. The number of ether oxygens (including phenoxy) is 1. The summed E-state index contributed by atoms with van der Waals surface area (Å²) in [5.74, 6) is 1.47. The van der Waals surface area contributed by atoms with Crippen molar-refractivity contribution in [2.45, 2.75) is 43.1 Å². The largest absolute Gasteiger partial charge is 0.486 e. The molecule has 2 aliphatic heterocycles. The average Bonchev–Trinajstić information content (AvgIpc) is 2.34. The number of benzene rings is 1. The highest BCUT2D eigenvalue weighted by Crippen LogP contribution is 2.48. The maximum atomic E-state index is 13.2. The van der Waals surface area contributed by atoms with Crippen LogP contribution in [0.15, 0.2) is 18.2 Å². The number of rotatable bonds is 0. The van der Waals surface area contributed by atoms with E-state index in [1.807, 2.05) is 11.8 Å². The Morgan fingerprint density at radius 3 is 3.11 bits per heavy atom. The third kappa shape index (κ3) is 1.91. The van der Waals surface area contributed by atoms with Gasteiger partial charge in [0, 0.05) is 17.2 Å². The quantitative estimate of drug-likeness (QED) is 0.783. The fraction of sp³-hybridized carbons (Fsp3) is 0.571. The molecule has 0 bridgehead atoms. The van der Waals surface area contributed by atoms with Gasteiger partial charge in [-0.25, -0.2) is 4.39 Å². The molecule has 1 spiro atoms. The van der Waals surface area contributed by atoms with Crippen LogP contribution in [0.1, 0.15) is 37.9 Å². The molecule has 2 heterocycles. The van der Waals surface area contributed by atoms with E-state index in [9.17, 15) is 9.50 Å². The summed E-state index contributed by atoms with van der Waals surface area (Å²) in [5.41, 5.74) is 0.302. The molecule has 0 radical (unpaired) electrons. The molecular formula is C14H17FO2S. The molecule has 0 saturated carbocycles. The lowest BCUT2D eigenvalue weighted by Gasteiger charge is -2.46. The van der Waals surface area contributed by atoms with Crippen molar-refractivity contribution in [2.24, 2.45) is 0 Å². The van der Waals surface area contributed by atoms with Crippen LogP contribution in [0.4, 0.5) is 4.39 Å². The van der Waals surface area contributed by atoms with E-state index in [1.165, 1.54) is 12.1 Å². The fourth-order valence-electron chi connectivity index (χ4n) is 2.96. The highest BCUT2D eigenvalue weighted by Gasteiger charge is 2.46. The fourth-order valence-corrected chi connectivity index (χ4v) is 4.19. The van der Waals surface area contributed by atoms with Crippen LogP contribution >= 0.6 is 11.8 Å². The van der Waals surface area contributed by atoms with Gasteiger partial charge in [0.25, 0.3) is 0 Å². The van der Waals surface area contributed by atoms with Gasteiger partial charge in [0.15, 0.2) is 0 Å². The number of thioether (sulfide) groups is 1. The maximum Gasteiger partial charge on any atom is 0.126 e. The van der Waals surface area contributed by atoms with E-state index in [4.69, 9.17) is 4.74 Å². The topological polar surface area (TPSA) is 29.5 Å². The Morgan fingerprint density at radius 1 is 1.50 bits per heavy atom. The molecule has 98 valence electrons. The molecule has 1 N–H and O–H groups in total. The van der Waals surface area contributed by atoms with Gasteiger partial charge in [0.2, 0.25) is 0 Å². The van der Waals surface area contributed by atoms with Gasteiger partial charge in [0.1, 0.15) is 17.2 Å². The first kappa shape index (κ1) is 12.3. The molecule has 2 nitrogen and oxygen atoms in total. The minimum Gasteiger partial charge on any atom is -0.486 e. The number of aliphatic hydroxyl groups excluding tert-OH is 1. The number of hydrogen-bond acceptors (Lipinski definition) is 3. The molecule has 1 saturated heterocycles. The Bertz CT molecular complexity index is 465. The van der Waals surface area contributed by atoms with Crippen molar-refractivity contribution in [3.05, 3.63) is 29.6 Å². The summed E-state index contributed by atoms with van der Waals surface area (Å²) in [6.07, 6.45) is 2.02. The first-order chi connectivity index (χ1) is 8.61. The predicted octanol–water partition coefficient (Wildman–Crippen LogP) is 3.30. The SMILES string of the molecule is CC1SCCCC12C[C@@H](O)c1cc(F)ccc1O2. The van der Waals surface area contributed by atoms with Crippen LogP contribution in [0.25, 0.3) is 0 Å². The highest BCUT2D eigenvalue weighted by atomic mass is 32.2. The lowest BCUT2D eigenvalue weighted by Crippen LogP contribution is -2.50. The van der Waals surface area contributed by atoms with Crippen LogP contribution in [0.5, 0.6) is 5.75 Å². The predicted molar refractivity (Wildman–Crippen MR) is 70.5 cm³/mol. The molecule has 1 aromatic carbocycles. The molecule has 4 heteroatoms. The Morgan fingerprint density at radius 2 is 2.33 bits per heavy atom. The van der Waals surface area contributed by atoms with Gasteiger partial charge in [-0.3, -0.25) is 0 Å². The second kappa shape index (κ2) is 4.42. The zero-order chi connectivity index (χ0) is 12.8. The van der Waals surface area contributed by atoms with Crippen molar-refractivity contribution in [1.29, 1.82) is 0 Å². The Kier molecular flexibility index (Phi) is 3.02. The third-order valence-corrected chi connectivity index (χ3v) is 5.49. The lowest BCUT2D eigenvalue weighted by molar-refractivity contribution is -0.0213. The first-order valence-electron chi connectivity index (χ1n) is 6.39. The molecule has 1 fully saturated rings. The van der Waals surface area contributed by atoms with Crippen LogP contribution in [0.3, 0.4) is 0 Å². The van der Waals surface area contributed by atoms with Gasteiger partial charge in [-0.15, -0.1) is 0 Å². The van der Waals surface area contributed by atoms with Crippen LogP contribution in [-0.4, -0.2) is 21.7 Å². The van der Waals surface area contributed by atoms with Crippen LogP contribution in [0.2, 0.25) is 0 Å². The van der Waals surface area contributed by atoms with Crippen molar-refractivity contribution < 1.29 is 14.2 Å². The molecule has 2 aliphatic rings. The number of fused-ring (bicyclic) bond motifs is 1. The zero-order valence-corrected chi connectivity index (χ0v) is 11.2. The summed E-state index contributed by atoms with van der Waals surface area (Å²) >= 11 is 1.89. The summed E-state index contributed by atoms with van der Waals surface area (Å²) in [4.78, 5) is 0. The molecule has 0 amide bonds. The van der Waals surface area contributed by atoms with Gasteiger partial charge < -0.3 is 9.84 Å². The second-order valence-corrected chi connectivity index (χ2v) is 6.63. The maximum absolute atomic E-state index is 13.2. The van der Waals surface area contributed by atoms with E-state index in [0.29, 0.717) is 23.0 Å². The molecule has 3 rings (SSSR count). The molecule has 3 atom stereocenters. The molecule has 0 aliphatic carbocycles. The summed E-state index contributed by atoms with van der Waals surface area (Å²) in [7, 11) is 0. The first-order valence-corrected chi connectivity index (χ1v) is 7.44. The van der Waals surface area contributed by atoms with E-state index < -0.39 is 6.10 Å². The number of aliphatic hydroxyl groups is 1. The second-order valence-electron chi connectivity index (χ2n) is 5.19. The molecule has 2 unspecified atom stereocenters. The van der Waals surface area contributed by atoms with E-state index in [-0.39, 0.29) is 11.4 Å². The summed E-state index contributed by atoms with van der Waals surface area (Å²) in [5, 5.41) is 10.6. The minimum absolute atomic E-state index is 0.285.